The molecule has 3 heteroatoms. The molecular weight excluding hydrogens is 167 g/mol. The first-order valence-electron chi connectivity index (χ1n) is 4.69. The largest absolute Gasteiger partial charge is 0.757 e. The topological polar surface area (TPSA) is 30.6 Å². The van der Waals surface area contributed by atoms with Gasteiger partial charge in [-0.15, -0.1) is 0 Å². The number of rotatable bonds is 3. The van der Waals surface area contributed by atoms with Crippen molar-refractivity contribution in [3.05, 3.63) is 0 Å². The van der Waals surface area contributed by atoms with Crippen molar-refractivity contribution in [2.75, 3.05) is 0 Å². The zero-order chi connectivity index (χ0) is 8.97. The molecule has 0 aromatic rings. The van der Waals surface area contributed by atoms with Gasteiger partial charge in [-0.3, -0.25) is 4.79 Å². The average molecular weight is 183 g/mol. The van der Waals surface area contributed by atoms with Crippen LogP contribution in [0.3, 0.4) is 0 Å². The molecule has 0 aliphatic heterocycles. The van der Waals surface area contributed by atoms with E-state index in [2.05, 4.69) is 16.6 Å². The van der Waals surface area contributed by atoms with E-state index in [4.69, 9.17) is 3.79 Å². The highest BCUT2D eigenvalue weighted by atomic mass is 27.1. The lowest BCUT2D eigenvalue weighted by atomic mass is 9.83. The van der Waals surface area contributed by atoms with Gasteiger partial charge >= 0.3 is 0 Å². The highest BCUT2D eigenvalue weighted by molar-refractivity contribution is 5.98. The second-order valence-corrected chi connectivity index (χ2v) is 3.68. The van der Waals surface area contributed by atoms with E-state index in [1.165, 1.54) is 12.8 Å². The Morgan fingerprint density at radius 1 is 1.50 bits per heavy atom. The Labute approximate surface area is 82.4 Å². The van der Waals surface area contributed by atoms with Gasteiger partial charge in [0.15, 0.2) is 0 Å². The number of hydrogen-bond acceptors (Lipinski definition) is 1. The van der Waals surface area contributed by atoms with Crippen LogP contribution in [0.4, 0.5) is 0 Å². The normalized spacial score (nSPS) is 30.2. The minimum Gasteiger partial charge on any atom is -0.757 e. The molecule has 0 saturated heterocycles. The number of hydrogen-bond donors (Lipinski definition) is 0. The molecule has 0 bridgehead atoms. The molecule has 2 unspecified atom stereocenters. The van der Waals surface area contributed by atoms with Gasteiger partial charge in [0.05, 0.1) is 12.3 Å². The summed E-state index contributed by atoms with van der Waals surface area (Å²) >= 11 is 2.31. The summed E-state index contributed by atoms with van der Waals surface area (Å²) in [4.78, 5) is 9.61. The molecule has 0 heterocycles. The van der Waals surface area contributed by atoms with Crippen molar-refractivity contribution in [3.63, 3.8) is 0 Å². The van der Waals surface area contributed by atoms with Crippen LogP contribution in [0, 0.1) is 5.92 Å². The van der Waals surface area contributed by atoms with Crippen LogP contribution < -0.4 is 0 Å². The molecule has 12 heavy (non-hydrogen) atoms. The highest BCUT2D eigenvalue weighted by Crippen LogP contribution is 2.27. The fraction of sp³-hybridized carbons (Fsp3) is 0.889. The molecule has 67 valence electrons. The summed E-state index contributed by atoms with van der Waals surface area (Å²) in [6.45, 7) is 1.99. The molecule has 1 aliphatic carbocycles. The summed E-state index contributed by atoms with van der Waals surface area (Å²) in [5.74, 6) is 0.892. The molecular formula is C9H16AlO2. The van der Waals surface area contributed by atoms with Crippen molar-refractivity contribution in [1.82, 2.24) is 0 Å². The van der Waals surface area contributed by atoms with Crippen LogP contribution >= 0.6 is 0 Å². The molecule has 0 amide bonds. The maximum Gasteiger partial charge on any atom is 0.298 e. The Morgan fingerprint density at radius 2 is 2.17 bits per heavy atom. The minimum absolute atomic E-state index is 0.226. The third kappa shape index (κ3) is 2.32. The third-order valence-electron chi connectivity index (χ3n) is 2.67. The Bertz CT molecular complexity index is 159. The Hall–Kier alpha value is 0.162. The molecule has 1 saturated carbocycles. The van der Waals surface area contributed by atoms with Crippen molar-refractivity contribution in [1.29, 1.82) is 0 Å². The van der Waals surface area contributed by atoms with E-state index in [-0.39, 0.29) is 12.0 Å². The molecule has 2 nitrogen and oxygen atoms in total. The van der Waals surface area contributed by atoms with Crippen LogP contribution in [0.15, 0.2) is 0 Å². The monoisotopic (exact) mass is 183 g/mol. The van der Waals surface area contributed by atoms with Crippen LogP contribution in [0.25, 0.3) is 0 Å². The Balaban J connectivity index is 2.52. The Morgan fingerprint density at radius 3 is 2.75 bits per heavy atom. The van der Waals surface area contributed by atoms with E-state index in [9.17, 15) is 4.79 Å². The summed E-state index contributed by atoms with van der Waals surface area (Å²) in [5.41, 5.74) is 0. The summed E-state index contributed by atoms with van der Waals surface area (Å²) in [6.07, 6.45) is 5.60. The number of ketones is 1. The lowest BCUT2D eigenvalue weighted by Crippen LogP contribution is -2.33. The summed E-state index contributed by atoms with van der Waals surface area (Å²) in [7, 11) is 0. The van der Waals surface area contributed by atoms with Gasteiger partial charge in [-0.05, 0) is 12.8 Å². The third-order valence-corrected chi connectivity index (χ3v) is 3.02. The first kappa shape index (κ1) is 10.2. The quantitative estimate of drug-likeness (QED) is 0.483. The van der Waals surface area contributed by atoms with E-state index in [0.717, 1.165) is 19.3 Å². The maximum atomic E-state index is 9.61. The van der Waals surface area contributed by atoms with Gasteiger partial charge in [-0.25, -0.2) is 0 Å². The average Bonchev–Trinajstić information content (AvgIpc) is 2.16. The second-order valence-electron chi connectivity index (χ2n) is 3.41. The highest BCUT2D eigenvalue weighted by Gasteiger charge is 2.30. The lowest BCUT2D eigenvalue weighted by molar-refractivity contribution is 0.133. The van der Waals surface area contributed by atoms with E-state index in [1.807, 2.05) is 6.92 Å². The fourth-order valence-corrected chi connectivity index (χ4v) is 2.23. The predicted molar refractivity (Wildman–Crippen MR) is 49.8 cm³/mol. The van der Waals surface area contributed by atoms with Crippen molar-refractivity contribution in [2.45, 2.75) is 45.1 Å². The second kappa shape index (κ2) is 5.01. The smallest absolute Gasteiger partial charge is 0.298 e. The first-order chi connectivity index (χ1) is 5.79. The molecule has 0 spiro atoms. The van der Waals surface area contributed by atoms with Gasteiger partial charge in [0.25, 0.3) is 5.78 Å². The van der Waals surface area contributed by atoms with Gasteiger partial charge in [0.2, 0.25) is 0 Å². The lowest BCUT2D eigenvalue weighted by Gasteiger charge is -2.35. The van der Waals surface area contributed by atoms with Crippen LogP contribution in [0.5, 0.6) is 0 Å². The molecule has 0 aromatic carbocycles. The van der Waals surface area contributed by atoms with Crippen molar-refractivity contribution >= 4 is 22.4 Å². The van der Waals surface area contributed by atoms with Crippen LogP contribution in [0.2, 0.25) is 0 Å². The molecule has 1 fully saturated rings. The van der Waals surface area contributed by atoms with E-state index in [0.29, 0.717) is 5.78 Å². The first-order valence-corrected chi connectivity index (χ1v) is 5.17. The van der Waals surface area contributed by atoms with Crippen LogP contribution in [-0.2, 0) is 3.79 Å². The van der Waals surface area contributed by atoms with Crippen molar-refractivity contribution < 1.29 is 8.58 Å². The fourth-order valence-electron chi connectivity index (χ4n) is 1.90. The van der Waals surface area contributed by atoms with Crippen LogP contribution in [0.1, 0.15) is 39.0 Å². The predicted octanol–water partition coefficient (Wildman–Crippen LogP) is 1.60. The van der Waals surface area contributed by atoms with Gasteiger partial charge in [0, 0.05) is 6.10 Å². The van der Waals surface area contributed by atoms with Crippen LogP contribution in [-0.4, -0.2) is 33.3 Å². The Kier molecular flexibility index (Phi) is 4.28. The molecule has 0 aromatic heterocycles. The van der Waals surface area contributed by atoms with Crippen molar-refractivity contribution in [3.8, 4) is 0 Å². The zero-order valence-electron chi connectivity index (χ0n) is 7.62. The van der Waals surface area contributed by atoms with E-state index < -0.39 is 0 Å². The van der Waals surface area contributed by atoms with Gasteiger partial charge < -0.3 is 20.4 Å². The molecule has 1 rings (SSSR count). The van der Waals surface area contributed by atoms with Gasteiger partial charge in [-0.2, -0.15) is 0 Å². The molecule has 3 radical (unpaired) electrons. The van der Waals surface area contributed by atoms with E-state index in [1.54, 1.807) is 0 Å². The van der Waals surface area contributed by atoms with Gasteiger partial charge in [0.1, 0.15) is 0 Å². The maximum absolute atomic E-state index is 9.61. The standard InChI is InChI=1S/C9H15O2.Al/c1-2-8(10)7-5-3-4-6-9(7)11;/h7,9H,2-6H2,1H3;/q-1;/p+1. The summed E-state index contributed by atoms with van der Waals surface area (Å²) in [5, 5.41) is 0. The molecule has 1 aliphatic rings. The van der Waals surface area contributed by atoms with E-state index >= 15 is 0 Å². The summed E-state index contributed by atoms with van der Waals surface area (Å²) in [6, 6.07) is 0. The summed E-state index contributed by atoms with van der Waals surface area (Å²) < 4.78 is 5.26. The minimum atomic E-state index is 0.226. The van der Waals surface area contributed by atoms with Crippen molar-refractivity contribution in [2.24, 2.45) is 5.92 Å². The molecule has 1 N–H and O–H groups in total. The number of carbonyl (C=O) groups excluding carboxylic acids is 1. The zero-order valence-corrected chi connectivity index (χ0v) is 8.78. The van der Waals surface area contributed by atoms with Gasteiger partial charge in [-0.1, -0.05) is 19.8 Å². The SMILES string of the molecule is CCC(=[OH+])C1CCCCC1[O][Al-]. The molecule has 2 atom stereocenters.